The molecule has 0 aliphatic rings. The summed E-state index contributed by atoms with van der Waals surface area (Å²) in [5.41, 5.74) is 0.145. The molecule has 8 heteroatoms. The fourth-order valence-electron chi connectivity index (χ4n) is 2.05. The summed E-state index contributed by atoms with van der Waals surface area (Å²) < 4.78 is 33.2. The molecule has 0 aliphatic heterocycles. The van der Waals surface area contributed by atoms with Gasteiger partial charge in [0.15, 0.2) is 16.4 Å². The number of methoxy groups -OCH3 is 1. The molecule has 0 bridgehead atoms. The van der Waals surface area contributed by atoms with Crippen molar-refractivity contribution in [2.24, 2.45) is 0 Å². The number of hydrogen-bond donors (Lipinski definition) is 0. The maximum atomic E-state index is 12.2. The molecule has 0 heterocycles. The monoisotopic (exact) mass is 382 g/mol. The molecule has 0 radical (unpaired) electrons. The third-order valence-electron chi connectivity index (χ3n) is 3.33. The molecule has 132 valence electrons. The van der Waals surface area contributed by atoms with E-state index < -0.39 is 28.2 Å². The largest absolute Gasteiger partial charge is 0.496 e. The van der Waals surface area contributed by atoms with Gasteiger partial charge in [0, 0.05) is 6.26 Å². The lowest BCUT2D eigenvalue weighted by Crippen LogP contribution is -2.15. The second kappa shape index (κ2) is 7.67. The van der Waals surface area contributed by atoms with Crippen LogP contribution in [-0.4, -0.2) is 40.1 Å². The highest BCUT2D eigenvalue weighted by atomic mass is 35.5. The van der Waals surface area contributed by atoms with Crippen LogP contribution in [0, 0.1) is 0 Å². The van der Waals surface area contributed by atoms with Crippen LogP contribution in [0.15, 0.2) is 47.4 Å². The van der Waals surface area contributed by atoms with Crippen molar-refractivity contribution < 1.29 is 27.5 Å². The van der Waals surface area contributed by atoms with Crippen LogP contribution >= 0.6 is 11.6 Å². The number of esters is 1. The Hall–Kier alpha value is -2.38. The number of Topliss-reactive ketones (excluding diaryl/α,β-unsaturated/α-hetero) is 1. The van der Waals surface area contributed by atoms with Gasteiger partial charge < -0.3 is 9.47 Å². The molecule has 0 aliphatic carbocycles. The topological polar surface area (TPSA) is 86.7 Å². The predicted molar refractivity (Wildman–Crippen MR) is 92.2 cm³/mol. The Balaban J connectivity index is 2.17. The van der Waals surface area contributed by atoms with Gasteiger partial charge in [-0.25, -0.2) is 13.2 Å². The number of benzene rings is 2. The van der Waals surface area contributed by atoms with Crippen LogP contribution in [0.5, 0.6) is 5.75 Å². The summed E-state index contributed by atoms with van der Waals surface area (Å²) in [5, 5.41) is 0.0298. The summed E-state index contributed by atoms with van der Waals surface area (Å²) in [7, 11) is -2.08. The van der Waals surface area contributed by atoms with Gasteiger partial charge in [-0.2, -0.15) is 0 Å². The van der Waals surface area contributed by atoms with Crippen molar-refractivity contribution in [2.75, 3.05) is 20.0 Å². The summed E-state index contributed by atoms with van der Waals surface area (Å²) in [4.78, 5) is 24.3. The molecule has 0 spiro atoms. The molecule has 0 fully saturated rings. The lowest BCUT2D eigenvalue weighted by molar-refractivity contribution is 0.0474. The van der Waals surface area contributed by atoms with Crippen molar-refractivity contribution in [3.8, 4) is 5.75 Å². The Bertz CT molecular complexity index is 920. The quantitative estimate of drug-likeness (QED) is 0.564. The first-order valence-corrected chi connectivity index (χ1v) is 9.34. The lowest BCUT2D eigenvalue weighted by Gasteiger charge is -2.09. The fourth-order valence-corrected chi connectivity index (χ4v) is 2.89. The average Bonchev–Trinajstić information content (AvgIpc) is 2.58. The maximum absolute atomic E-state index is 12.2. The normalized spacial score (nSPS) is 11.0. The van der Waals surface area contributed by atoms with E-state index in [-0.39, 0.29) is 21.0 Å². The molecule has 0 amide bonds. The van der Waals surface area contributed by atoms with Gasteiger partial charge in [-0.15, -0.1) is 0 Å². The minimum absolute atomic E-state index is 0.0298. The van der Waals surface area contributed by atoms with Gasteiger partial charge in [-0.3, -0.25) is 4.79 Å². The van der Waals surface area contributed by atoms with Crippen LogP contribution < -0.4 is 4.74 Å². The van der Waals surface area contributed by atoms with Crippen molar-refractivity contribution in [3.63, 3.8) is 0 Å². The summed E-state index contributed by atoms with van der Waals surface area (Å²) >= 11 is 5.92. The van der Waals surface area contributed by atoms with E-state index in [0.29, 0.717) is 5.75 Å². The molecule has 0 atom stereocenters. The molecule has 0 N–H and O–H groups in total. The molecule has 0 unspecified atom stereocenters. The zero-order valence-corrected chi connectivity index (χ0v) is 15.1. The van der Waals surface area contributed by atoms with E-state index in [9.17, 15) is 18.0 Å². The lowest BCUT2D eigenvalue weighted by atomic mass is 10.1. The number of hydrogen-bond acceptors (Lipinski definition) is 6. The van der Waals surface area contributed by atoms with Crippen LogP contribution in [0.1, 0.15) is 20.7 Å². The van der Waals surface area contributed by atoms with Gasteiger partial charge in [0.1, 0.15) is 5.75 Å². The number of para-hydroxylation sites is 1. The van der Waals surface area contributed by atoms with Crippen LogP contribution in [0.25, 0.3) is 0 Å². The van der Waals surface area contributed by atoms with Crippen LogP contribution in [-0.2, 0) is 14.6 Å². The third kappa shape index (κ3) is 4.58. The number of rotatable bonds is 6. The van der Waals surface area contributed by atoms with Gasteiger partial charge >= 0.3 is 5.97 Å². The van der Waals surface area contributed by atoms with Gasteiger partial charge in [0.25, 0.3) is 0 Å². The van der Waals surface area contributed by atoms with E-state index in [4.69, 9.17) is 21.1 Å². The summed E-state index contributed by atoms with van der Waals surface area (Å²) in [6, 6.07) is 10.2. The Morgan fingerprint density at radius 2 is 1.76 bits per heavy atom. The summed E-state index contributed by atoms with van der Waals surface area (Å²) in [6.07, 6.45) is 1.01. The van der Waals surface area contributed by atoms with Crippen LogP contribution in [0.4, 0.5) is 0 Å². The molecule has 6 nitrogen and oxygen atoms in total. The number of carbonyl (C=O) groups is 2. The third-order valence-corrected chi connectivity index (χ3v) is 4.77. The van der Waals surface area contributed by atoms with E-state index >= 15 is 0 Å². The minimum atomic E-state index is -3.51. The van der Waals surface area contributed by atoms with E-state index in [1.807, 2.05) is 0 Å². The Morgan fingerprint density at radius 3 is 2.40 bits per heavy atom. The smallest absolute Gasteiger partial charge is 0.340 e. The van der Waals surface area contributed by atoms with Crippen molar-refractivity contribution in [1.82, 2.24) is 0 Å². The van der Waals surface area contributed by atoms with Crippen molar-refractivity contribution in [1.29, 1.82) is 0 Å². The van der Waals surface area contributed by atoms with E-state index in [0.717, 1.165) is 12.3 Å². The molecule has 0 saturated carbocycles. The van der Waals surface area contributed by atoms with E-state index in [2.05, 4.69) is 0 Å². The van der Waals surface area contributed by atoms with Gasteiger partial charge in [-0.05, 0) is 30.3 Å². The van der Waals surface area contributed by atoms with Crippen molar-refractivity contribution in [2.45, 2.75) is 4.90 Å². The van der Waals surface area contributed by atoms with Crippen LogP contribution in [0.3, 0.4) is 0 Å². The molecular formula is C17H15ClO6S. The van der Waals surface area contributed by atoms with E-state index in [1.165, 1.54) is 19.2 Å². The van der Waals surface area contributed by atoms with Crippen molar-refractivity contribution in [3.05, 3.63) is 58.6 Å². The standard InChI is InChI=1S/C17H15ClO6S/c1-23-16-6-4-3-5-12(16)15(19)10-24-17(20)13-9-11(25(2,21)22)7-8-14(13)18/h3-9H,10H2,1-2H3. The molecule has 0 aromatic heterocycles. The van der Waals surface area contributed by atoms with Crippen molar-refractivity contribution >= 4 is 33.2 Å². The first-order valence-electron chi connectivity index (χ1n) is 7.07. The Labute approximate surface area is 150 Å². The number of ketones is 1. The van der Waals surface area contributed by atoms with E-state index in [1.54, 1.807) is 24.3 Å². The molecule has 0 saturated heterocycles. The number of ether oxygens (including phenoxy) is 2. The SMILES string of the molecule is COc1ccccc1C(=O)COC(=O)c1cc(S(C)(=O)=O)ccc1Cl. The summed E-state index contributed by atoms with van der Waals surface area (Å²) in [6.45, 7) is -0.529. The number of halogens is 1. The molecule has 2 rings (SSSR count). The zero-order chi connectivity index (χ0) is 18.6. The first kappa shape index (κ1) is 19.0. The summed E-state index contributed by atoms with van der Waals surface area (Å²) in [5.74, 6) is -0.986. The minimum Gasteiger partial charge on any atom is -0.496 e. The molecule has 25 heavy (non-hydrogen) atoms. The first-order chi connectivity index (χ1) is 11.7. The fraction of sp³-hybridized carbons (Fsp3) is 0.176. The second-order valence-corrected chi connectivity index (χ2v) is 7.54. The molecule has 2 aromatic carbocycles. The second-order valence-electron chi connectivity index (χ2n) is 5.11. The number of sulfone groups is 1. The van der Waals surface area contributed by atoms with Gasteiger partial charge in [0.2, 0.25) is 5.78 Å². The highest BCUT2D eigenvalue weighted by Gasteiger charge is 2.19. The maximum Gasteiger partial charge on any atom is 0.340 e. The zero-order valence-electron chi connectivity index (χ0n) is 13.5. The average molecular weight is 383 g/mol. The Morgan fingerprint density at radius 1 is 1.08 bits per heavy atom. The van der Waals surface area contributed by atoms with Crippen LogP contribution in [0.2, 0.25) is 5.02 Å². The highest BCUT2D eigenvalue weighted by molar-refractivity contribution is 7.90. The Kier molecular flexibility index (Phi) is 5.81. The highest BCUT2D eigenvalue weighted by Crippen LogP contribution is 2.22. The molecule has 2 aromatic rings. The molecular weight excluding hydrogens is 368 g/mol. The predicted octanol–water partition coefficient (Wildman–Crippen LogP) is 2.79. The van der Waals surface area contributed by atoms with Gasteiger partial charge in [-0.1, -0.05) is 23.7 Å². The number of carbonyl (C=O) groups excluding carboxylic acids is 2. The van der Waals surface area contributed by atoms with Gasteiger partial charge in [0.05, 0.1) is 28.2 Å².